The number of carbonyl (C=O) groups excluding carboxylic acids is 1. The van der Waals surface area contributed by atoms with Gasteiger partial charge in [0.05, 0.1) is 27.4 Å². The number of carbonyl (C=O) groups is 1. The minimum atomic E-state index is -0.573. The first-order chi connectivity index (χ1) is 12.8. The summed E-state index contributed by atoms with van der Waals surface area (Å²) in [6.07, 6.45) is 0. The van der Waals surface area contributed by atoms with E-state index in [1.54, 1.807) is 42.5 Å². The third-order valence-corrected chi connectivity index (χ3v) is 4.81. The van der Waals surface area contributed by atoms with E-state index in [1.165, 1.54) is 4.57 Å². The van der Waals surface area contributed by atoms with Gasteiger partial charge in [-0.3, -0.25) is 14.2 Å². The van der Waals surface area contributed by atoms with Crippen LogP contribution in [-0.2, 0) is 9.53 Å². The fraction of sp³-hybridized carbons (Fsp3) is 0.250. The number of aromatic nitrogens is 2. The van der Waals surface area contributed by atoms with Crippen LogP contribution < -0.4 is 5.56 Å². The molecule has 3 aromatic rings. The van der Waals surface area contributed by atoms with E-state index in [2.05, 4.69) is 4.98 Å². The maximum Gasteiger partial charge on any atom is 0.316 e. The van der Waals surface area contributed by atoms with Gasteiger partial charge in [0.1, 0.15) is 5.60 Å². The van der Waals surface area contributed by atoms with Crippen molar-refractivity contribution in [2.75, 3.05) is 5.75 Å². The Balaban J connectivity index is 2.08. The molecule has 0 spiro atoms. The highest BCUT2D eigenvalue weighted by Crippen LogP contribution is 2.26. The van der Waals surface area contributed by atoms with Crippen molar-refractivity contribution in [3.05, 3.63) is 63.9 Å². The number of halogens is 1. The Kier molecular flexibility index (Phi) is 5.58. The van der Waals surface area contributed by atoms with Crippen molar-refractivity contribution in [3.63, 3.8) is 0 Å². The maximum atomic E-state index is 13.1. The number of hydrogen-bond acceptors (Lipinski definition) is 5. The van der Waals surface area contributed by atoms with E-state index in [1.807, 2.05) is 26.8 Å². The number of para-hydroxylation sites is 2. The Labute approximate surface area is 166 Å². The Morgan fingerprint density at radius 3 is 2.52 bits per heavy atom. The van der Waals surface area contributed by atoms with Crippen molar-refractivity contribution in [2.24, 2.45) is 0 Å². The number of ether oxygens (including phenoxy) is 1. The highest BCUT2D eigenvalue weighted by atomic mass is 35.5. The average molecular weight is 403 g/mol. The molecular weight excluding hydrogens is 384 g/mol. The van der Waals surface area contributed by atoms with Gasteiger partial charge in [-0.2, -0.15) is 0 Å². The molecule has 0 aliphatic rings. The summed E-state index contributed by atoms with van der Waals surface area (Å²) in [7, 11) is 0. The van der Waals surface area contributed by atoms with Crippen molar-refractivity contribution >= 4 is 40.2 Å². The first-order valence-corrected chi connectivity index (χ1v) is 9.74. The lowest BCUT2D eigenvalue weighted by Crippen LogP contribution is -2.26. The zero-order valence-electron chi connectivity index (χ0n) is 15.2. The summed E-state index contributed by atoms with van der Waals surface area (Å²) >= 11 is 7.46. The van der Waals surface area contributed by atoms with Crippen LogP contribution in [0.2, 0.25) is 5.02 Å². The van der Waals surface area contributed by atoms with Gasteiger partial charge in [0.2, 0.25) is 0 Å². The van der Waals surface area contributed by atoms with Gasteiger partial charge < -0.3 is 4.74 Å². The third-order valence-electron chi connectivity index (χ3n) is 3.58. The summed E-state index contributed by atoms with van der Waals surface area (Å²) in [5.74, 6) is -0.340. The molecule has 0 radical (unpaired) electrons. The van der Waals surface area contributed by atoms with Crippen molar-refractivity contribution in [3.8, 4) is 5.69 Å². The van der Waals surface area contributed by atoms with E-state index in [-0.39, 0.29) is 17.3 Å². The van der Waals surface area contributed by atoms with Crippen molar-refractivity contribution in [1.29, 1.82) is 0 Å². The Hall–Kier alpha value is -2.31. The van der Waals surface area contributed by atoms with Crippen LogP contribution in [0.3, 0.4) is 0 Å². The van der Waals surface area contributed by atoms with Gasteiger partial charge in [0, 0.05) is 0 Å². The standard InChI is InChI=1S/C20H19ClN2O3S/c1-20(2,3)26-17(24)12-27-19-22-15-10-6-4-8-13(15)18(25)23(19)16-11-7-5-9-14(16)21/h4-11H,12H2,1-3H3. The zero-order chi connectivity index (χ0) is 19.6. The minimum Gasteiger partial charge on any atom is -0.459 e. The lowest BCUT2D eigenvalue weighted by atomic mass is 10.2. The van der Waals surface area contributed by atoms with Crippen molar-refractivity contribution < 1.29 is 9.53 Å². The highest BCUT2D eigenvalue weighted by molar-refractivity contribution is 7.99. The van der Waals surface area contributed by atoms with E-state index >= 15 is 0 Å². The number of thioether (sulfide) groups is 1. The molecular formula is C20H19ClN2O3S. The molecule has 0 fully saturated rings. The lowest BCUT2D eigenvalue weighted by Gasteiger charge is -2.19. The molecule has 5 nitrogen and oxygen atoms in total. The van der Waals surface area contributed by atoms with Gasteiger partial charge in [-0.1, -0.05) is 47.6 Å². The lowest BCUT2D eigenvalue weighted by molar-refractivity contribution is -0.151. The number of hydrogen-bond donors (Lipinski definition) is 0. The molecule has 0 bridgehead atoms. The van der Waals surface area contributed by atoms with Gasteiger partial charge in [-0.05, 0) is 45.0 Å². The zero-order valence-corrected chi connectivity index (χ0v) is 16.8. The summed E-state index contributed by atoms with van der Waals surface area (Å²) < 4.78 is 6.79. The molecule has 0 aliphatic carbocycles. The van der Waals surface area contributed by atoms with Crippen LogP contribution in [0, 0.1) is 0 Å². The molecule has 0 atom stereocenters. The molecule has 1 aromatic heterocycles. The van der Waals surface area contributed by atoms with Gasteiger partial charge in [0.15, 0.2) is 5.16 Å². The summed E-state index contributed by atoms with van der Waals surface area (Å²) in [6.45, 7) is 5.43. The molecule has 0 N–H and O–H groups in total. The Bertz CT molecular complexity index is 1060. The molecule has 0 saturated heterocycles. The molecule has 3 rings (SSSR count). The number of rotatable bonds is 4. The summed E-state index contributed by atoms with van der Waals surface area (Å²) in [4.78, 5) is 29.8. The van der Waals surface area contributed by atoms with Crippen LogP contribution >= 0.6 is 23.4 Å². The Morgan fingerprint density at radius 2 is 1.81 bits per heavy atom. The molecule has 7 heteroatoms. The van der Waals surface area contributed by atoms with Crippen LogP contribution in [-0.4, -0.2) is 26.9 Å². The van der Waals surface area contributed by atoms with Gasteiger partial charge in [-0.15, -0.1) is 0 Å². The molecule has 0 unspecified atom stereocenters. The van der Waals surface area contributed by atoms with Crippen LogP contribution in [0.1, 0.15) is 20.8 Å². The second-order valence-electron chi connectivity index (χ2n) is 6.88. The van der Waals surface area contributed by atoms with E-state index in [0.717, 1.165) is 11.8 Å². The van der Waals surface area contributed by atoms with Crippen LogP contribution in [0.15, 0.2) is 58.5 Å². The quantitative estimate of drug-likeness (QED) is 0.366. The highest BCUT2D eigenvalue weighted by Gasteiger charge is 2.19. The SMILES string of the molecule is CC(C)(C)OC(=O)CSc1nc2ccccc2c(=O)n1-c1ccccc1Cl. The minimum absolute atomic E-state index is 0.0342. The summed E-state index contributed by atoms with van der Waals surface area (Å²) in [6, 6.07) is 14.1. The van der Waals surface area contributed by atoms with Crippen molar-refractivity contribution in [2.45, 2.75) is 31.5 Å². The topological polar surface area (TPSA) is 61.2 Å². The van der Waals surface area contributed by atoms with Crippen LogP contribution in [0.25, 0.3) is 16.6 Å². The average Bonchev–Trinajstić information content (AvgIpc) is 2.60. The summed E-state index contributed by atoms with van der Waals surface area (Å²) in [5.41, 5.74) is 0.281. The second kappa shape index (κ2) is 7.74. The van der Waals surface area contributed by atoms with E-state index in [0.29, 0.717) is 26.8 Å². The van der Waals surface area contributed by atoms with Crippen LogP contribution in [0.4, 0.5) is 0 Å². The number of nitrogens with zero attached hydrogens (tertiary/aromatic N) is 2. The third kappa shape index (κ3) is 4.51. The fourth-order valence-electron chi connectivity index (χ4n) is 2.55. The first kappa shape index (κ1) is 19.5. The second-order valence-corrected chi connectivity index (χ2v) is 8.23. The maximum absolute atomic E-state index is 13.1. The largest absolute Gasteiger partial charge is 0.459 e. The van der Waals surface area contributed by atoms with E-state index in [4.69, 9.17) is 16.3 Å². The predicted molar refractivity (Wildman–Crippen MR) is 109 cm³/mol. The monoisotopic (exact) mass is 402 g/mol. The van der Waals surface area contributed by atoms with Gasteiger partial charge >= 0.3 is 5.97 Å². The Morgan fingerprint density at radius 1 is 1.15 bits per heavy atom. The van der Waals surface area contributed by atoms with E-state index in [9.17, 15) is 9.59 Å². The smallest absolute Gasteiger partial charge is 0.316 e. The van der Waals surface area contributed by atoms with Crippen LogP contribution in [0.5, 0.6) is 0 Å². The van der Waals surface area contributed by atoms with Gasteiger partial charge in [0.25, 0.3) is 5.56 Å². The molecule has 0 amide bonds. The normalized spacial score (nSPS) is 11.6. The van der Waals surface area contributed by atoms with E-state index < -0.39 is 5.60 Å². The first-order valence-electron chi connectivity index (χ1n) is 8.37. The molecule has 27 heavy (non-hydrogen) atoms. The molecule has 0 aliphatic heterocycles. The fourth-order valence-corrected chi connectivity index (χ4v) is 3.55. The summed E-state index contributed by atoms with van der Waals surface area (Å²) in [5, 5.41) is 1.30. The molecule has 2 aromatic carbocycles. The molecule has 1 heterocycles. The predicted octanol–water partition coefficient (Wildman–Crippen LogP) is 4.47. The number of benzene rings is 2. The van der Waals surface area contributed by atoms with Gasteiger partial charge in [-0.25, -0.2) is 4.98 Å². The number of esters is 1. The van der Waals surface area contributed by atoms with Crippen molar-refractivity contribution in [1.82, 2.24) is 9.55 Å². The molecule has 140 valence electrons. The molecule has 0 saturated carbocycles. The number of fused-ring (bicyclic) bond motifs is 1.